The van der Waals surface area contributed by atoms with Crippen LogP contribution in [0, 0.1) is 33.8 Å². The number of nitrogens with zero attached hydrogens (tertiary/aromatic N) is 2. The summed E-state index contributed by atoms with van der Waals surface area (Å²) in [6.07, 6.45) is 3.79. The van der Waals surface area contributed by atoms with Crippen LogP contribution in [0.15, 0.2) is 24.3 Å². The summed E-state index contributed by atoms with van der Waals surface area (Å²) in [5.41, 5.74) is 0.433. The maximum Gasteiger partial charge on any atom is 0.284 e. The molecule has 0 bridgehead atoms. The van der Waals surface area contributed by atoms with Crippen LogP contribution in [0.1, 0.15) is 24.8 Å². The summed E-state index contributed by atoms with van der Waals surface area (Å²) in [4.78, 5) is 12.7. The molecule has 0 aliphatic carbocycles. The van der Waals surface area contributed by atoms with Gasteiger partial charge in [0.25, 0.3) is 5.69 Å². The minimum Gasteiger partial charge on any atom is -0.292 e. The zero-order valence-corrected chi connectivity index (χ0v) is 11.3. The largest absolute Gasteiger partial charge is 0.292 e. The zero-order chi connectivity index (χ0) is 14.2. The Morgan fingerprint density at radius 3 is 2.65 bits per heavy atom. The van der Waals surface area contributed by atoms with Gasteiger partial charge in [0.1, 0.15) is 5.56 Å². The molecule has 1 aliphatic rings. The first-order chi connectivity index (χ1) is 9.77. The number of nitro benzene ring substituents is 1. The van der Waals surface area contributed by atoms with Gasteiger partial charge in [0, 0.05) is 6.07 Å². The van der Waals surface area contributed by atoms with E-state index < -0.39 is 4.92 Å². The number of nitro groups is 1. The van der Waals surface area contributed by atoms with E-state index in [1.54, 1.807) is 18.2 Å². The Balaban J connectivity index is 1.96. The van der Waals surface area contributed by atoms with Crippen LogP contribution in [0.3, 0.4) is 0 Å². The monoisotopic (exact) mass is 268 g/mol. The summed E-state index contributed by atoms with van der Waals surface area (Å²) in [6, 6.07) is 6.45. The first-order valence-electron chi connectivity index (χ1n) is 6.72. The Labute approximate surface area is 118 Å². The molecule has 0 saturated carbocycles. The summed E-state index contributed by atoms with van der Waals surface area (Å²) in [6.45, 7) is 2.93. The molecule has 1 aliphatic heterocycles. The number of hydrogen-bond donors (Lipinski definition) is 0. The van der Waals surface area contributed by atoms with E-state index in [0.717, 1.165) is 19.6 Å². The van der Waals surface area contributed by atoms with E-state index in [-0.39, 0.29) is 5.69 Å². The highest BCUT2D eigenvalue weighted by atomic mass is 16.6. The van der Waals surface area contributed by atoms with E-state index in [9.17, 15) is 10.1 Å². The molecule has 0 aromatic heterocycles. The number of likely N-dealkylation sites (tertiary alicyclic amines) is 1. The highest BCUT2D eigenvalue weighted by molar-refractivity contribution is 5.52. The quantitative estimate of drug-likeness (QED) is 0.470. The van der Waals surface area contributed by atoms with E-state index in [2.05, 4.69) is 28.6 Å². The van der Waals surface area contributed by atoms with E-state index in [4.69, 9.17) is 0 Å². The van der Waals surface area contributed by atoms with Crippen molar-refractivity contribution in [2.45, 2.75) is 19.3 Å². The molecule has 0 atom stereocenters. The van der Waals surface area contributed by atoms with Gasteiger partial charge in [-0.2, -0.15) is 0 Å². The first-order valence-corrected chi connectivity index (χ1v) is 6.72. The van der Waals surface area contributed by atoms with E-state index in [1.165, 1.54) is 25.3 Å². The molecule has 0 amide bonds. The maximum absolute atomic E-state index is 10.8. The van der Waals surface area contributed by atoms with Gasteiger partial charge < -0.3 is 0 Å². The average molecular weight is 268 g/mol. The van der Waals surface area contributed by atoms with Crippen LogP contribution < -0.4 is 0 Å². The number of para-hydroxylation sites is 1. The van der Waals surface area contributed by atoms with Gasteiger partial charge in [-0.1, -0.05) is 24.5 Å². The standard InChI is InChI=1S/C16H16N2O2/c19-18(20)16-11-5-4-10-15(16)9-3-1-6-12-17-13-7-2-8-14-17/h4-5,10-11H,2,7-8,12-14H2. The van der Waals surface area contributed by atoms with Crippen molar-refractivity contribution >= 4 is 5.69 Å². The zero-order valence-electron chi connectivity index (χ0n) is 11.3. The van der Waals surface area contributed by atoms with Crippen molar-refractivity contribution in [2.75, 3.05) is 19.6 Å². The lowest BCUT2D eigenvalue weighted by molar-refractivity contribution is -0.385. The van der Waals surface area contributed by atoms with Gasteiger partial charge in [-0.05, 0) is 49.8 Å². The summed E-state index contributed by atoms with van der Waals surface area (Å²) < 4.78 is 0. The van der Waals surface area contributed by atoms with Crippen molar-refractivity contribution in [3.63, 3.8) is 0 Å². The van der Waals surface area contributed by atoms with Crippen molar-refractivity contribution in [3.8, 4) is 23.7 Å². The van der Waals surface area contributed by atoms with Gasteiger partial charge in [0.05, 0.1) is 11.5 Å². The Bertz CT molecular complexity index is 596. The second-order valence-electron chi connectivity index (χ2n) is 4.66. The Hall–Kier alpha value is -2.30. The third-order valence-electron chi connectivity index (χ3n) is 3.20. The van der Waals surface area contributed by atoms with Crippen molar-refractivity contribution in [1.82, 2.24) is 4.90 Å². The van der Waals surface area contributed by atoms with Gasteiger partial charge >= 0.3 is 0 Å². The summed E-state index contributed by atoms with van der Waals surface area (Å²) in [5, 5.41) is 10.8. The van der Waals surface area contributed by atoms with Crippen LogP contribution in [-0.2, 0) is 0 Å². The van der Waals surface area contributed by atoms with Gasteiger partial charge in [0.2, 0.25) is 0 Å². The lowest BCUT2D eigenvalue weighted by atomic mass is 10.1. The summed E-state index contributed by atoms with van der Waals surface area (Å²) in [5.74, 6) is 11.2. The number of rotatable bonds is 2. The minimum absolute atomic E-state index is 0.0258. The first kappa shape index (κ1) is 14.1. The Morgan fingerprint density at radius 2 is 1.90 bits per heavy atom. The van der Waals surface area contributed by atoms with Gasteiger partial charge in [-0.25, -0.2) is 0 Å². The molecule has 2 rings (SSSR count). The highest BCUT2D eigenvalue weighted by Crippen LogP contribution is 2.15. The lowest BCUT2D eigenvalue weighted by Gasteiger charge is -2.23. The molecule has 0 spiro atoms. The van der Waals surface area contributed by atoms with E-state index in [1.807, 2.05) is 0 Å². The van der Waals surface area contributed by atoms with Gasteiger partial charge in [0.15, 0.2) is 0 Å². The van der Waals surface area contributed by atoms with Crippen molar-refractivity contribution in [2.24, 2.45) is 0 Å². The van der Waals surface area contributed by atoms with E-state index in [0.29, 0.717) is 5.56 Å². The molecule has 1 aromatic rings. The van der Waals surface area contributed by atoms with Crippen LogP contribution in [0.25, 0.3) is 0 Å². The molecule has 1 fully saturated rings. The maximum atomic E-state index is 10.8. The number of piperidine rings is 1. The van der Waals surface area contributed by atoms with Crippen molar-refractivity contribution in [1.29, 1.82) is 0 Å². The summed E-state index contributed by atoms with van der Waals surface area (Å²) in [7, 11) is 0. The third kappa shape index (κ3) is 4.12. The van der Waals surface area contributed by atoms with Crippen LogP contribution in [0.5, 0.6) is 0 Å². The topological polar surface area (TPSA) is 46.4 Å². The Kier molecular flexibility index (Phi) is 5.17. The SMILES string of the molecule is O=[N+]([O-])c1ccccc1C#CC#CCN1CCCCC1. The number of benzene rings is 1. The normalized spacial score (nSPS) is 14.6. The fourth-order valence-electron chi connectivity index (χ4n) is 2.15. The van der Waals surface area contributed by atoms with Crippen LogP contribution in [0.2, 0.25) is 0 Å². The fourth-order valence-corrected chi connectivity index (χ4v) is 2.15. The molecule has 0 unspecified atom stereocenters. The molecule has 0 N–H and O–H groups in total. The molecule has 1 saturated heterocycles. The predicted octanol–water partition coefficient (Wildman–Crippen LogP) is 2.44. The van der Waals surface area contributed by atoms with Gasteiger partial charge in [-0.15, -0.1) is 0 Å². The molecular weight excluding hydrogens is 252 g/mol. The molecule has 4 nitrogen and oxygen atoms in total. The lowest BCUT2D eigenvalue weighted by Crippen LogP contribution is -2.29. The molecule has 1 aromatic carbocycles. The van der Waals surface area contributed by atoms with Crippen molar-refractivity contribution < 1.29 is 4.92 Å². The molecule has 1 heterocycles. The second kappa shape index (κ2) is 7.33. The molecule has 20 heavy (non-hydrogen) atoms. The number of hydrogen-bond acceptors (Lipinski definition) is 3. The van der Waals surface area contributed by atoms with Gasteiger partial charge in [-0.3, -0.25) is 15.0 Å². The third-order valence-corrected chi connectivity index (χ3v) is 3.20. The van der Waals surface area contributed by atoms with Crippen LogP contribution in [-0.4, -0.2) is 29.5 Å². The molecule has 102 valence electrons. The van der Waals surface area contributed by atoms with E-state index >= 15 is 0 Å². The molecule has 0 radical (unpaired) electrons. The minimum atomic E-state index is -0.425. The van der Waals surface area contributed by atoms with Crippen LogP contribution >= 0.6 is 0 Å². The second-order valence-corrected chi connectivity index (χ2v) is 4.66. The molecule has 4 heteroatoms. The van der Waals surface area contributed by atoms with Crippen LogP contribution in [0.4, 0.5) is 5.69 Å². The van der Waals surface area contributed by atoms with Crippen molar-refractivity contribution in [3.05, 3.63) is 39.9 Å². The molecular formula is C16H16N2O2. The smallest absolute Gasteiger partial charge is 0.284 e. The summed E-state index contributed by atoms with van der Waals surface area (Å²) >= 11 is 0. The fraction of sp³-hybridized carbons (Fsp3) is 0.375. The average Bonchev–Trinajstić information content (AvgIpc) is 2.48. The Morgan fingerprint density at radius 1 is 1.15 bits per heavy atom. The highest BCUT2D eigenvalue weighted by Gasteiger charge is 2.09. The predicted molar refractivity (Wildman–Crippen MR) is 78.0 cm³/mol.